The molecule has 0 N–H and O–H groups in total. The molecule has 30 heavy (non-hydrogen) atoms. The monoisotopic (exact) mass is 642 g/mol. The maximum Gasteiger partial charge on any atom is 0.270 e. The van der Waals surface area contributed by atoms with Crippen LogP contribution in [0.25, 0.3) is 11.6 Å². The summed E-state index contributed by atoms with van der Waals surface area (Å²) >= 11 is 10.6. The highest BCUT2D eigenvalue weighted by molar-refractivity contribution is 14.1. The van der Waals surface area contributed by atoms with Gasteiger partial charge in [0.1, 0.15) is 12.4 Å². The van der Waals surface area contributed by atoms with Gasteiger partial charge in [0.05, 0.1) is 23.7 Å². The molecule has 3 rings (SSSR count). The smallest absolute Gasteiger partial charge is 0.270 e. The fourth-order valence-corrected chi connectivity index (χ4v) is 5.02. The second kappa shape index (κ2) is 10.2. The normalized spacial score (nSPS) is 11.1. The van der Waals surface area contributed by atoms with Crippen LogP contribution in [-0.4, -0.2) is 4.92 Å². The number of nitro benzene ring substituents is 1. The van der Waals surface area contributed by atoms with Gasteiger partial charge in [0.25, 0.3) is 5.69 Å². The minimum atomic E-state index is -0.477. The number of benzene rings is 3. The Bertz CT molecular complexity index is 1170. The number of nitrogens with zero attached hydrogens (tertiary/aromatic N) is 2. The third kappa shape index (κ3) is 5.50. The lowest BCUT2D eigenvalue weighted by Gasteiger charge is -2.12. The summed E-state index contributed by atoms with van der Waals surface area (Å²) in [6.07, 6.45) is 1.71. The van der Waals surface area contributed by atoms with Crippen LogP contribution < -0.4 is 4.74 Å². The van der Waals surface area contributed by atoms with E-state index in [0.717, 1.165) is 24.0 Å². The molecule has 5 nitrogen and oxygen atoms in total. The van der Waals surface area contributed by atoms with Crippen LogP contribution in [0.4, 0.5) is 5.69 Å². The Labute approximate surface area is 205 Å². The summed E-state index contributed by atoms with van der Waals surface area (Å²) in [4.78, 5) is 10.5. The molecule has 0 unspecified atom stereocenters. The van der Waals surface area contributed by atoms with E-state index in [1.165, 1.54) is 12.1 Å². The molecule has 0 saturated heterocycles. The molecule has 3 aromatic carbocycles. The van der Waals surface area contributed by atoms with Gasteiger partial charge < -0.3 is 4.74 Å². The van der Waals surface area contributed by atoms with Crippen molar-refractivity contribution in [3.05, 3.63) is 99.6 Å². The molecule has 150 valence electrons. The Hall–Kier alpha value is -2.16. The first-order chi connectivity index (χ1) is 14.4. The van der Waals surface area contributed by atoms with Gasteiger partial charge in [-0.1, -0.05) is 41.9 Å². The fourth-order valence-electron chi connectivity index (χ4n) is 2.70. The minimum absolute atomic E-state index is 0.0545. The minimum Gasteiger partial charge on any atom is -0.487 e. The van der Waals surface area contributed by atoms with Gasteiger partial charge in [0.2, 0.25) is 0 Å². The van der Waals surface area contributed by atoms with Crippen molar-refractivity contribution >= 4 is 74.1 Å². The Morgan fingerprint density at radius 3 is 2.47 bits per heavy atom. The Morgan fingerprint density at radius 2 is 1.83 bits per heavy atom. The topological polar surface area (TPSA) is 76.2 Å². The summed E-state index contributed by atoms with van der Waals surface area (Å²) in [6, 6.07) is 19.5. The average Bonchev–Trinajstić information content (AvgIpc) is 2.72. The summed E-state index contributed by atoms with van der Waals surface area (Å²) in [6.45, 7) is 0.345. The van der Waals surface area contributed by atoms with Crippen molar-refractivity contribution in [2.75, 3.05) is 0 Å². The van der Waals surface area contributed by atoms with Crippen LogP contribution in [0.1, 0.15) is 16.7 Å². The molecule has 0 amide bonds. The SMILES string of the molecule is N#C/C(=C/c1cc(I)c(OCc2ccccc2Cl)c(I)c1)c1cccc([N+](=O)[O-])c1. The quantitative estimate of drug-likeness (QED) is 0.0946. The van der Waals surface area contributed by atoms with Crippen LogP contribution in [0, 0.1) is 28.6 Å². The van der Waals surface area contributed by atoms with Crippen molar-refractivity contribution in [2.45, 2.75) is 6.61 Å². The van der Waals surface area contributed by atoms with Gasteiger partial charge in [0, 0.05) is 22.7 Å². The van der Waals surface area contributed by atoms with E-state index in [1.54, 1.807) is 18.2 Å². The van der Waals surface area contributed by atoms with E-state index in [1.807, 2.05) is 36.4 Å². The molecule has 0 aromatic heterocycles. The van der Waals surface area contributed by atoms with Crippen molar-refractivity contribution in [3.8, 4) is 11.8 Å². The molecule has 0 fully saturated rings. The van der Waals surface area contributed by atoms with Gasteiger partial charge in [-0.3, -0.25) is 10.1 Å². The molecule has 0 aliphatic rings. The third-order valence-electron chi connectivity index (χ3n) is 4.15. The van der Waals surface area contributed by atoms with Gasteiger partial charge in [-0.2, -0.15) is 5.26 Å². The number of non-ortho nitro benzene ring substituents is 1. The first-order valence-corrected chi connectivity index (χ1v) is 11.1. The predicted molar refractivity (Wildman–Crippen MR) is 134 cm³/mol. The predicted octanol–water partition coefficient (Wildman–Crippen LogP) is 7.10. The number of hydrogen-bond acceptors (Lipinski definition) is 4. The first kappa shape index (κ1) is 22.5. The van der Waals surface area contributed by atoms with Crippen LogP contribution >= 0.6 is 56.8 Å². The van der Waals surface area contributed by atoms with Crippen LogP contribution in [0.2, 0.25) is 5.02 Å². The Balaban J connectivity index is 1.88. The maximum atomic E-state index is 11.0. The lowest BCUT2D eigenvalue weighted by Crippen LogP contribution is -2.00. The maximum absolute atomic E-state index is 11.0. The summed E-state index contributed by atoms with van der Waals surface area (Å²) in [5.41, 5.74) is 2.48. The van der Waals surface area contributed by atoms with Crippen LogP contribution in [0.3, 0.4) is 0 Å². The van der Waals surface area contributed by atoms with Gasteiger partial charge in [0.15, 0.2) is 0 Å². The number of nitro groups is 1. The molecule has 0 radical (unpaired) electrons. The van der Waals surface area contributed by atoms with Gasteiger partial charge in [-0.25, -0.2) is 0 Å². The second-order valence-corrected chi connectivity index (χ2v) is 8.90. The standard InChI is InChI=1S/C22H13ClI2N2O3/c23-19-7-2-1-4-16(19)13-30-22-20(24)9-14(10-21(22)25)8-17(12-26)15-5-3-6-18(11-15)27(28)29/h1-11H,13H2/b17-8-. The van der Waals surface area contributed by atoms with Crippen molar-refractivity contribution in [1.82, 2.24) is 0 Å². The van der Waals surface area contributed by atoms with Gasteiger partial charge in [-0.05, 0) is 80.6 Å². The molecule has 0 aliphatic heterocycles. The number of rotatable bonds is 6. The number of halogens is 3. The van der Waals surface area contributed by atoms with Crippen molar-refractivity contribution in [2.24, 2.45) is 0 Å². The van der Waals surface area contributed by atoms with Crippen LogP contribution in [0.5, 0.6) is 5.75 Å². The number of allylic oxidation sites excluding steroid dienone is 1. The zero-order valence-corrected chi connectivity index (χ0v) is 20.4. The average molecular weight is 643 g/mol. The zero-order valence-electron chi connectivity index (χ0n) is 15.3. The Morgan fingerprint density at radius 1 is 1.13 bits per heavy atom. The van der Waals surface area contributed by atoms with Crippen molar-refractivity contribution < 1.29 is 9.66 Å². The summed E-state index contributed by atoms with van der Waals surface area (Å²) < 4.78 is 7.75. The van der Waals surface area contributed by atoms with E-state index >= 15 is 0 Å². The molecular weight excluding hydrogens is 630 g/mol. The number of ether oxygens (including phenoxy) is 1. The summed E-state index contributed by atoms with van der Waals surface area (Å²) in [5, 5.41) is 21.2. The van der Waals surface area contributed by atoms with E-state index in [0.29, 0.717) is 22.8 Å². The lowest BCUT2D eigenvalue weighted by atomic mass is 10.0. The van der Waals surface area contributed by atoms with Crippen LogP contribution in [0.15, 0.2) is 60.7 Å². The molecule has 0 saturated carbocycles. The highest BCUT2D eigenvalue weighted by atomic mass is 127. The largest absolute Gasteiger partial charge is 0.487 e. The van der Waals surface area contributed by atoms with Crippen molar-refractivity contribution in [3.63, 3.8) is 0 Å². The van der Waals surface area contributed by atoms with Gasteiger partial charge >= 0.3 is 0 Å². The second-order valence-electron chi connectivity index (χ2n) is 6.17. The number of hydrogen-bond donors (Lipinski definition) is 0. The molecule has 0 heterocycles. The summed E-state index contributed by atoms with van der Waals surface area (Å²) in [7, 11) is 0. The third-order valence-corrected chi connectivity index (χ3v) is 6.12. The molecule has 0 bridgehead atoms. The van der Waals surface area contributed by atoms with Gasteiger partial charge in [-0.15, -0.1) is 0 Å². The van der Waals surface area contributed by atoms with E-state index in [2.05, 4.69) is 51.3 Å². The highest BCUT2D eigenvalue weighted by Gasteiger charge is 2.12. The van der Waals surface area contributed by atoms with E-state index in [9.17, 15) is 15.4 Å². The molecule has 0 aliphatic carbocycles. The molecule has 0 atom stereocenters. The highest BCUT2D eigenvalue weighted by Crippen LogP contribution is 2.32. The summed E-state index contributed by atoms with van der Waals surface area (Å²) in [5.74, 6) is 0.738. The molecule has 8 heteroatoms. The first-order valence-electron chi connectivity index (χ1n) is 8.61. The molecular formula is C22H13ClI2N2O3. The van der Waals surface area contributed by atoms with E-state index in [-0.39, 0.29) is 5.69 Å². The lowest BCUT2D eigenvalue weighted by molar-refractivity contribution is -0.384. The Kier molecular flexibility index (Phi) is 7.69. The van der Waals surface area contributed by atoms with E-state index < -0.39 is 4.92 Å². The molecule has 0 spiro atoms. The fraction of sp³-hybridized carbons (Fsp3) is 0.0455. The van der Waals surface area contributed by atoms with E-state index in [4.69, 9.17) is 16.3 Å². The number of nitriles is 1. The zero-order chi connectivity index (χ0) is 21.7. The molecule has 3 aromatic rings. The van der Waals surface area contributed by atoms with Crippen LogP contribution in [-0.2, 0) is 6.61 Å². The van der Waals surface area contributed by atoms with Crippen molar-refractivity contribution in [1.29, 1.82) is 5.26 Å².